The number of rotatable bonds is 5. The van der Waals surface area contributed by atoms with Crippen LogP contribution in [0.1, 0.15) is 10.8 Å². The summed E-state index contributed by atoms with van der Waals surface area (Å²) >= 11 is 1.79. The van der Waals surface area contributed by atoms with Crippen molar-refractivity contribution in [3.63, 3.8) is 0 Å². The Morgan fingerprint density at radius 1 is 0.962 bits per heavy atom. The molecule has 1 N–H and O–H groups in total. The number of morpholine rings is 1. The monoisotopic (exact) mass is 362 g/mol. The molecule has 0 spiro atoms. The first kappa shape index (κ1) is 17.3. The minimum absolute atomic E-state index is 0.127. The average Bonchev–Trinajstić information content (AvgIpc) is 2.74. The minimum Gasteiger partial charge on any atom is -0.374 e. The van der Waals surface area contributed by atoms with Gasteiger partial charge in [0.15, 0.2) is 0 Å². The highest BCUT2D eigenvalue weighted by atomic mass is 32.2. The molecule has 3 nitrogen and oxygen atoms in total. The van der Waals surface area contributed by atoms with E-state index in [1.54, 1.807) is 11.8 Å². The smallest absolute Gasteiger partial charge is 0.104 e. The Balaban J connectivity index is 1.68. The van der Waals surface area contributed by atoms with E-state index in [1.165, 1.54) is 16.7 Å². The van der Waals surface area contributed by atoms with E-state index in [0.717, 1.165) is 24.7 Å². The third-order valence-corrected chi connectivity index (χ3v) is 5.89. The van der Waals surface area contributed by atoms with Crippen LogP contribution in [0.3, 0.4) is 0 Å². The van der Waals surface area contributed by atoms with E-state index >= 15 is 0 Å². The number of benzene rings is 2. The summed E-state index contributed by atoms with van der Waals surface area (Å²) in [4.78, 5) is 4.70. The Bertz CT molecular complexity index is 820. The highest BCUT2D eigenvalue weighted by molar-refractivity contribution is 7.99. The van der Waals surface area contributed by atoms with Gasteiger partial charge in [0.2, 0.25) is 0 Å². The van der Waals surface area contributed by atoms with E-state index < -0.39 is 0 Å². The maximum atomic E-state index is 6.10. The highest BCUT2D eigenvalue weighted by Gasteiger charge is 2.28. The van der Waals surface area contributed by atoms with Crippen LogP contribution in [0.25, 0.3) is 11.1 Å². The number of ether oxygens (including phenoxy) is 1. The molecule has 4 heteroatoms. The number of hydrogen-bond donors (Lipinski definition) is 1. The molecular weight excluding hydrogens is 340 g/mol. The van der Waals surface area contributed by atoms with Crippen molar-refractivity contribution >= 4 is 11.8 Å². The Labute approximate surface area is 158 Å². The molecule has 0 amide bonds. The summed E-state index contributed by atoms with van der Waals surface area (Å²) in [5.41, 5.74) is 3.64. The molecule has 4 rings (SSSR count). The summed E-state index contributed by atoms with van der Waals surface area (Å²) in [6.45, 7) is 2.53. The molecular formula is C22H22N2OS. The third kappa shape index (κ3) is 3.98. The van der Waals surface area contributed by atoms with Crippen molar-refractivity contribution in [2.45, 2.75) is 16.4 Å². The Morgan fingerprint density at radius 2 is 1.73 bits per heavy atom. The van der Waals surface area contributed by atoms with Gasteiger partial charge in [-0.2, -0.15) is 0 Å². The largest absolute Gasteiger partial charge is 0.374 e. The third-order valence-electron chi connectivity index (χ3n) is 4.52. The summed E-state index contributed by atoms with van der Waals surface area (Å²) in [5, 5.41) is 4.70. The normalized spacial score (nSPS) is 18.4. The van der Waals surface area contributed by atoms with Crippen molar-refractivity contribution in [3.8, 4) is 11.1 Å². The molecule has 0 radical (unpaired) electrons. The first-order chi connectivity index (χ1) is 12.9. The zero-order valence-corrected chi connectivity index (χ0v) is 15.4. The van der Waals surface area contributed by atoms with Crippen LogP contribution in [0.15, 0.2) is 84.0 Å². The molecule has 0 bridgehead atoms. The Hall–Kier alpha value is -2.14. The lowest BCUT2D eigenvalue weighted by atomic mass is 10.1. The van der Waals surface area contributed by atoms with Crippen molar-refractivity contribution in [2.24, 2.45) is 0 Å². The van der Waals surface area contributed by atoms with Crippen LogP contribution < -0.4 is 5.32 Å². The molecule has 2 heterocycles. The van der Waals surface area contributed by atoms with E-state index in [2.05, 4.69) is 66.0 Å². The molecule has 2 aromatic carbocycles. The number of aromatic nitrogens is 1. The summed E-state index contributed by atoms with van der Waals surface area (Å²) in [6.07, 6.45) is 2.00. The van der Waals surface area contributed by atoms with Gasteiger partial charge >= 0.3 is 0 Å². The van der Waals surface area contributed by atoms with Gasteiger partial charge in [-0.05, 0) is 17.2 Å². The standard InChI is InChI=1S/C22H22N2OS/c1-3-8-17(9-4-1)19-12-7-13-24-22(19)26-21(18-10-5-2-6-11-18)20-16-23-14-15-25-20/h1-13,20-21,23H,14-16H2/t20-,21-/m0/s1. The topological polar surface area (TPSA) is 34.2 Å². The van der Waals surface area contributed by atoms with Gasteiger partial charge in [0, 0.05) is 24.8 Å². The SMILES string of the molecule is c1ccc(-c2cccnc2S[C@@H](c2ccccc2)[C@@H]2CNCCO2)cc1. The van der Waals surface area contributed by atoms with Crippen molar-refractivity contribution in [1.29, 1.82) is 0 Å². The predicted molar refractivity (Wildman–Crippen MR) is 107 cm³/mol. The first-order valence-electron chi connectivity index (χ1n) is 8.96. The number of pyridine rings is 1. The second kappa shape index (κ2) is 8.49. The van der Waals surface area contributed by atoms with Crippen LogP contribution in [-0.4, -0.2) is 30.8 Å². The Kier molecular flexibility index (Phi) is 5.65. The van der Waals surface area contributed by atoms with E-state index in [1.807, 2.05) is 18.3 Å². The predicted octanol–water partition coefficient (Wildman–Crippen LogP) is 4.57. The average molecular weight is 362 g/mol. The number of thioether (sulfide) groups is 1. The minimum atomic E-state index is 0.127. The lowest BCUT2D eigenvalue weighted by Gasteiger charge is -2.31. The fraction of sp³-hybridized carbons (Fsp3) is 0.227. The number of nitrogens with one attached hydrogen (secondary N) is 1. The van der Waals surface area contributed by atoms with E-state index in [4.69, 9.17) is 9.72 Å². The fourth-order valence-electron chi connectivity index (χ4n) is 3.22. The molecule has 1 fully saturated rings. The van der Waals surface area contributed by atoms with Crippen LogP contribution in [0.5, 0.6) is 0 Å². The zero-order valence-electron chi connectivity index (χ0n) is 14.5. The van der Waals surface area contributed by atoms with E-state index in [-0.39, 0.29) is 11.4 Å². The Morgan fingerprint density at radius 3 is 2.46 bits per heavy atom. The maximum Gasteiger partial charge on any atom is 0.104 e. The molecule has 1 saturated heterocycles. The lowest BCUT2D eigenvalue weighted by Crippen LogP contribution is -2.41. The maximum absolute atomic E-state index is 6.10. The van der Waals surface area contributed by atoms with Gasteiger partial charge in [0.05, 0.1) is 18.0 Å². The fourth-order valence-corrected chi connectivity index (χ4v) is 4.52. The van der Waals surface area contributed by atoms with Gasteiger partial charge in [-0.1, -0.05) is 78.5 Å². The van der Waals surface area contributed by atoms with Gasteiger partial charge in [-0.3, -0.25) is 0 Å². The molecule has 0 aliphatic carbocycles. The highest BCUT2D eigenvalue weighted by Crippen LogP contribution is 2.42. The van der Waals surface area contributed by atoms with Gasteiger partial charge in [-0.15, -0.1) is 0 Å². The molecule has 2 atom stereocenters. The van der Waals surface area contributed by atoms with Gasteiger partial charge in [0.1, 0.15) is 5.03 Å². The summed E-state index contributed by atoms with van der Waals surface area (Å²) in [5.74, 6) is 0. The lowest BCUT2D eigenvalue weighted by molar-refractivity contribution is 0.0273. The molecule has 132 valence electrons. The van der Waals surface area contributed by atoms with Crippen molar-refractivity contribution < 1.29 is 4.74 Å². The molecule has 0 saturated carbocycles. The second-order valence-corrected chi connectivity index (χ2v) is 7.41. The van der Waals surface area contributed by atoms with E-state index in [9.17, 15) is 0 Å². The second-order valence-electron chi connectivity index (χ2n) is 6.28. The molecule has 1 aliphatic rings. The van der Waals surface area contributed by atoms with E-state index in [0.29, 0.717) is 0 Å². The zero-order chi connectivity index (χ0) is 17.6. The molecule has 1 aliphatic heterocycles. The van der Waals surface area contributed by atoms with Gasteiger partial charge in [0.25, 0.3) is 0 Å². The first-order valence-corrected chi connectivity index (χ1v) is 9.84. The van der Waals surface area contributed by atoms with Gasteiger partial charge < -0.3 is 10.1 Å². The summed E-state index contributed by atoms with van der Waals surface area (Å²) in [6, 6.07) is 25.2. The van der Waals surface area contributed by atoms with Crippen molar-refractivity contribution in [2.75, 3.05) is 19.7 Å². The van der Waals surface area contributed by atoms with Crippen LogP contribution in [0, 0.1) is 0 Å². The molecule has 1 aromatic heterocycles. The van der Waals surface area contributed by atoms with Crippen molar-refractivity contribution in [1.82, 2.24) is 10.3 Å². The number of nitrogens with zero attached hydrogens (tertiary/aromatic N) is 1. The summed E-state index contributed by atoms with van der Waals surface area (Å²) in [7, 11) is 0. The number of hydrogen-bond acceptors (Lipinski definition) is 4. The van der Waals surface area contributed by atoms with Crippen LogP contribution in [0.4, 0.5) is 0 Å². The quantitative estimate of drug-likeness (QED) is 0.674. The van der Waals surface area contributed by atoms with Crippen LogP contribution in [0.2, 0.25) is 0 Å². The van der Waals surface area contributed by atoms with Gasteiger partial charge in [-0.25, -0.2) is 4.98 Å². The van der Waals surface area contributed by atoms with Crippen molar-refractivity contribution in [3.05, 3.63) is 84.6 Å². The van der Waals surface area contributed by atoms with Crippen LogP contribution in [-0.2, 0) is 4.74 Å². The molecule has 3 aromatic rings. The van der Waals surface area contributed by atoms with Crippen LogP contribution >= 0.6 is 11.8 Å². The molecule has 26 heavy (non-hydrogen) atoms. The summed E-state index contributed by atoms with van der Waals surface area (Å²) < 4.78 is 6.10. The molecule has 0 unspecified atom stereocenters.